The second-order valence-electron chi connectivity index (χ2n) is 3.07. The maximum atomic E-state index is 5.22. The molecule has 1 aromatic rings. The minimum Gasteiger partial charge on any atom is -0.372 e. The predicted octanol–water partition coefficient (Wildman–Crippen LogP) is 2.19. The summed E-state index contributed by atoms with van der Waals surface area (Å²) in [6, 6.07) is 10.5. The van der Waals surface area contributed by atoms with Crippen molar-refractivity contribution < 1.29 is 4.74 Å². The van der Waals surface area contributed by atoms with Gasteiger partial charge in [-0.3, -0.25) is 0 Å². The van der Waals surface area contributed by atoms with Crippen LogP contribution >= 0.6 is 0 Å². The average molecular weight is 148 g/mol. The van der Waals surface area contributed by atoms with Crippen LogP contribution in [0.1, 0.15) is 18.4 Å². The first-order chi connectivity index (χ1) is 5.38. The first kappa shape index (κ1) is 6.86. The van der Waals surface area contributed by atoms with Gasteiger partial charge in [-0.2, -0.15) is 0 Å². The van der Waals surface area contributed by atoms with E-state index < -0.39 is 0 Å². The largest absolute Gasteiger partial charge is 0.372 e. The molecule has 0 unspecified atom stereocenters. The summed E-state index contributed by atoms with van der Waals surface area (Å²) in [6.45, 7) is 3.16. The normalized spacial score (nSPS) is 24.6. The summed E-state index contributed by atoms with van der Waals surface area (Å²) in [5.74, 6) is 0.566. The van der Waals surface area contributed by atoms with Gasteiger partial charge in [-0.05, 0) is 5.56 Å². The molecule has 1 fully saturated rings. The van der Waals surface area contributed by atoms with E-state index in [9.17, 15) is 0 Å². The number of rotatable bonds is 2. The third-order valence-electron chi connectivity index (χ3n) is 2.24. The monoisotopic (exact) mass is 148 g/mol. The van der Waals surface area contributed by atoms with Crippen molar-refractivity contribution in [2.24, 2.45) is 0 Å². The fourth-order valence-electron chi connectivity index (χ4n) is 1.32. The van der Waals surface area contributed by atoms with Crippen LogP contribution < -0.4 is 0 Å². The summed E-state index contributed by atoms with van der Waals surface area (Å²) in [4.78, 5) is 0. The number of epoxide rings is 1. The van der Waals surface area contributed by atoms with Crippen LogP contribution in [0.15, 0.2) is 30.3 Å². The first-order valence-corrected chi connectivity index (χ1v) is 4.04. The fraction of sp³-hybridized carbons (Fsp3) is 0.400. The predicted molar refractivity (Wildman–Crippen MR) is 44.6 cm³/mol. The Morgan fingerprint density at radius 2 is 2.00 bits per heavy atom. The quantitative estimate of drug-likeness (QED) is 0.586. The van der Waals surface area contributed by atoms with Gasteiger partial charge in [-0.15, -0.1) is 0 Å². The Morgan fingerprint density at radius 1 is 1.36 bits per heavy atom. The summed E-state index contributed by atoms with van der Waals surface area (Å²) in [5, 5.41) is 0. The number of hydrogen-bond acceptors (Lipinski definition) is 1. The molecule has 0 amide bonds. The molecule has 0 radical (unpaired) electrons. The van der Waals surface area contributed by atoms with Gasteiger partial charge in [-0.1, -0.05) is 37.3 Å². The maximum absolute atomic E-state index is 5.22. The Hall–Kier alpha value is -0.820. The van der Waals surface area contributed by atoms with Crippen molar-refractivity contribution in [1.82, 2.24) is 0 Å². The Bertz CT molecular complexity index is 226. The summed E-state index contributed by atoms with van der Waals surface area (Å²) < 4.78 is 5.22. The second-order valence-corrected chi connectivity index (χ2v) is 3.07. The minimum atomic E-state index is 0.484. The van der Waals surface area contributed by atoms with E-state index in [1.54, 1.807) is 0 Å². The van der Waals surface area contributed by atoms with Gasteiger partial charge < -0.3 is 4.74 Å². The molecule has 0 aliphatic carbocycles. The van der Waals surface area contributed by atoms with Gasteiger partial charge in [0.1, 0.15) is 0 Å². The highest BCUT2D eigenvalue weighted by molar-refractivity contribution is 5.20. The minimum absolute atomic E-state index is 0.484. The van der Waals surface area contributed by atoms with E-state index in [0.29, 0.717) is 12.0 Å². The lowest BCUT2D eigenvalue weighted by Crippen LogP contribution is -2.00. The van der Waals surface area contributed by atoms with E-state index in [0.717, 1.165) is 6.61 Å². The molecule has 1 aromatic carbocycles. The van der Waals surface area contributed by atoms with Gasteiger partial charge in [-0.25, -0.2) is 0 Å². The lowest BCUT2D eigenvalue weighted by Gasteiger charge is -2.06. The number of hydrogen-bond donors (Lipinski definition) is 0. The number of benzene rings is 1. The average Bonchev–Trinajstić information content (AvgIpc) is 2.87. The summed E-state index contributed by atoms with van der Waals surface area (Å²) in [5.41, 5.74) is 1.38. The van der Waals surface area contributed by atoms with E-state index in [1.807, 2.05) is 6.07 Å². The molecule has 0 bridgehead atoms. The molecule has 1 nitrogen and oxygen atoms in total. The van der Waals surface area contributed by atoms with Crippen LogP contribution in [0.4, 0.5) is 0 Å². The third-order valence-corrected chi connectivity index (χ3v) is 2.24. The van der Waals surface area contributed by atoms with Crippen molar-refractivity contribution in [3.05, 3.63) is 35.9 Å². The molecule has 2 atom stereocenters. The van der Waals surface area contributed by atoms with E-state index >= 15 is 0 Å². The van der Waals surface area contributed by atoms with E-state index in [2.05, 4.69) is 31.2 Å². The molecule has 0 saturated carbocycles. The SMILES string of the molecule is C[C@H](c1ccccc1)[C@H]1CO1. The molecule has 1 aliphatic rings. The molecule has 11 heavy (non-hydrogen) atoms. The van der Waals surface area contributed by atoms with Crippen molar-refractivity contribution in [2.45, 2.75) is 18.9 Å². The van der Waals surface area contributed by atoms with Gasteiger partial charge in [0.05, 0.1) is 12.7 Å². The Labute approximate surface area is 67.0 Å². The van der Waals surface area contributed by atoms with Crippen LogP contribution in [-0.4, -0.2) is 12.7 Å². The molecule has 58 valence electrons. The molecular weight excluding hydrogens is 136 g/mol. The van der Waals surface area contributed by atoms with Crippen LogP contribution in [0, 0.1) is 0 Å². The molecule has 1 aliphatic heterocycles. The summed E-state index contributed by atoms with van der Waals surface area (Å²) in [6.07, 6.45) is 0.484. The van der Waals surface area contributed by atoms with Gasteiger partial charge in [0.25, 0.3) is 0 Å². The van der Waals surface area contributed by atoms with Crippen LogP contribution in [0.5, 0.6) is 0 Å². The van der Waals surface area contributed by atoms with Crippen molar-refractivity contribution in [2.75, 3.05) is 6.61 Å². The lowest BCUT2D eigenvalue weighted by atomic mass is 9.99. The van der Waals surface area contributed by atoms with Crippen molar-refractivity contribution in [1.29, 1.82) is 0 Å². The standard InChI is InChI=1S/C10H12O/c1-8(10-7-11-10)9-5-3-2-4-6-9/h2-6,8,10H,7H2,1H3/t8-,10-/m1/s1. The van der Waals surface area contributed by atoms with E-state index in [-0.39, 0.29) is 0 Å². The molecule has 2 rings (SSSR count). The Balaban J connectivity index is 2.15. The van der Waals surface area contributed by atoms with E-state index in [4.69, 9.17) is 4.74 Å². The zero-order chi connectivity index (χ0) is 7.68. The molecule has 1 heterocycles. The molecular formula is C10H12O. The highest BCUT2D eigenvalue weighted by Gasteiger charge is 2.29. The smallest absolute Gasteiger partial charge is 0.0875 e. The van der Waals surface area contributed by atoms with Gasteiger partial charge in [0.15, 0.2) is 0 Å². The van der Waals surface area contributed by atoms with Gasteiger partial charge in [0, 0.05) is 5.92 Å². The first-order valence-electron chi connectivity index (χ1n) is 4.04. The zero-order valence-electron chi connectivity index (χ0n) is 6.66. The van der Waals surface area contributed by atoms with E-state index in [1.165, 1.54) is 5.56 Å². The Kier molecular flexibility index (Phi) is 1.66. The third kappa shape index (κ3) is 1.43. The van der Waals surface area contributed by atoms with Crippen LogP contribution in [0.2, 0.25) is 0 Å². The van der Waals surface area contributed by atoms with Crippen molar-refractivity contribution in [3.63, 3.8) is 0 Å². The maximum Gasteiger partial charge on any atom is 0.0875 e. The van der Waals surface area contributed by atoms with Crippen molar-refractivity contribution >= 4 is 0 Å². The topological polar surface area (TPSA) is 12.5 Å². The highest BCUT2D eigenvalue weighted by atomic mass is 16.6. The highest BCUT2D eigenvalue weighted by Crippen LogP contribution is 2.28. The zero-order valence-corrected chi connectivity index (χ0v) is 6.66. The molecule has 0 aromatic heterocycles. The van der Waals surface area contributed by atoms with Crippen molar-refractivity contribution in [3.8, 4) is 0 Å². The van der Waals surface area contributed by atoms with Crippen LogP contribution in [0.25, 0.3) is 0 Å². The molecule has 0 spiro atoms. The van der Waals surface area contributed by atoms with Gasteiger partial charge in [0.2, 0.25) is 0 Å². The van der Waals surface area contributed by atoms with Crippen LogP contribution in [0.3, 0.4) is 0 Å². The second kappa shape index (κ2) is 2.67. The molecule has 1 heteroatoms. The van der Waals surface area contributed by atoms with Crippen LogP contribution in [-0.2, 0) is 4.74 Å². The number of ether oxygens (including phenoxy) is 1. The molecule has 0 N–H and O–H groups in total. The summed E-state index contributed by atoms with van der Waals surface area (Å²) >= 11 is 0. The molecule has 1 saturated heterocycles. The van der Waals surface area contributed by atoms with Gasteiger partial charge >= 0.3 is 0 Å². The Morgan fingerprint density at radius 3 is 2.55 bits per heavy atom. The lowest BCUT2D eigenvalue weighted by molar-refractivity contribution is 0.382. The summed E-state index contributed by atoms with van der Waals surface area (Å²) in [7, 11) is 0. The fourth-order valence-corrected chi connectivity index (χ4v) is 1.32.